The molecule has 1 fully saturated rings. The monoisotopic (exact) mass is 237 g/mol. The van der Waals surface area contributed by atoms with Gasteiger partial charge in [0, 0.05) is 18.6 Å². The van der Waals surface area contributed by atoms with E-state index in [9.17, 15) is 9.50 Å². The number of hydrogen-bond donors (Lipinski definition) is 1. The van der Waals surface area contributed by atoms with Crippen molar-refractivity contribution in [1.29, 1.82) is 0 Å². The summed E-state index contributed by atoms with van der Waals surface area (Å²) in [4.78, 5) is 2.21. The van der Waals surface area contributed by atoms with Crippen LogP contribution in [0.2, 0.25) is 0 Å². The summed E-state index contributed by atoms with van der Waals surface area (Å²) in [5.74, 6) is 0. The molecule has 0 spiro atoms. The Morgan fingerprint density at radius 1 is 1.41 bits per heavy atom. The molecule has 1 heterocycles. The number of hydrogen-bond acceptors (Lipinski definition) is 2. The molecule has 1 aromatic rings. The topological polar surface area (TPSA) is 23.5 Å². The van der Waals surface area contributed by atoms with Crippen LogP contribution in [0, 0.1) is 0 Å². The number of benzene rings is 1. The molecule has 2 rings (SSSR count). The number of halogens is 1. The van der Waals surface area contributed by atoms with Gasteiger partial charge in [-0.3, -0.25) is 4.90 Å². The van der Waals surface area contributed by atoms with Crippen molar-refractivity contribution >= 4 is 0 Å². The van der Waals surface area contributed by atoms with Crippen LogP contribution in [0.1, 0.15) is 31.4 Å². The Bertz CT molecular complexity index is 343. The highest BCUT2D eigenvalue weighted by atomic mass is 19.1. The maximum atomic E-state index is 13.3. The van der Waals surface area contributed by atoms with Crippen molar-refractivity contribution in [3.05, 3.63) is 35.9 Å². The zero-order valence-corrected chi connectivity index (χ0v) is 10.2. The predicted octanol–water partition coefficient (Wildman–Crippen LogP) is 2.54. The van der Waals surface area contributed by atoms with Gasteiger partial charge in [0.1, 0.15) is 6.17 Å². The Labute approximate surface area is 102 Å². The van der Waals surface area contributed by atoms with Crippen LogP contribution in [0.15, 0.2) is 30.3 Å². The van der Waals surface area contributed by atoms with Crippen molar-refractivity contribution in [2.24, 2.45) is 0 Å². The molecule has 0 aliphatic carbocycles. The third kappa shape index (κ3) is 2.85. The summed E-state index contributed by atoms with van der Waals surface area (Å²) < 4.78 is 13.3. The van der Waals surface area contributed by atoms with E-state index in [4.69, 9.17) is 0 Å². The van der Waals surface area contributed by atoms with Crippen molar-refractivity contribution in [2.45, 2.75) is 38.0 Å². The van der Waals surface area contributed by atoms with E-state index in [1.807, 2.05) is 18.2 Å². The van der Waals surface area contributed by atoms with Gasteiger partial charge in [-0.05, 0) is 25.3 Å². The molecule has 3 heteroatoms. The van der Waals surface area contributed by atoms with E-state index in [1.54, 1.807) is 0 Å². The minimum Gasteiger partial charge on any atom is -0.395 e. The van der Waals surface area contributed by atoms with Crippen LogP contribution in [0.4, 0.5) is 4.39 Å². The fraction of sp³-hybridized carbons (Fsp3) is 0.571. The van der Waals surface area contributed by atoms with Crippen LogP contribution in [-0.4, -0.2) is 35.4 Å². The van der Waals surface area contributed by atoms with Crippen molar-refractivity contribution < 1.29 is 9.50 Å². The molecular weight excluding hydrogens is 217 g/mol. The summed E-state index contributed by atoms with van der Waals surface area (Å²) >= 11 is 0. The van der Waals surface area contributed by atoms with E-state index in [0.29, 0.717) is 12.8 Å². The first-order valence-corrected chi connectivity index (χ1v) is 6.28. The lowest BCUT2D eigenvalue weighted by Crippen LogP contribution is -2.46. The number of likely N-dealkylation sites (tertiary alicyclic amines) is 1. The second kappa shape index (κ2) is 5.61. The third-order valence-electron chi connectivity index (χ3n) is 3.69. The standard InChI is InChI=1S/C14H20FNO/c1-11(12-5-3-2-4-6-12)16-8-7-13(15)9-14(16)10-17/h2-6,11,13-14,17H,7-10H2,1H3/t11-,13?,14?/m1/s1. The molecule has 3 atom stereocenters. The minimum atomic E-state index is -0.758. The first-order valence-electron chi connectivity index (χ1n) is 6.28. The summed E-state index contributed by atoms with van der Waals surface area (Å²) in [6.07, 6.45) is 0.271. The average Bonchev–Trinajstić information content (AvgIpc) is 2.39. The molecule has 2 nitrogen and oxygen atoms in total. The Morgan fingerprint density at radius 2 is 2.12 bits per heavy atom. The minimum absolute atomic E-state index is 0.0393. The van der Waals surface area contributed by atoms with Crippen molar-refractivity contribution in [2.75, 3.05) is 13.2 Å². The zero-order chi connectivity index (χ0) is 12.3. The normalized spacial score (nSPS) is 27.9. The second-order valence-electron chi connectivity index (χ2n) is 4.78. The lowest BCUT2D eigenvalue weighted by Gasteiger charge is -2.40. The third-order valence-corrected chi connectivity index (χ3v) is 3.69. The van der Waals surface area contributed by atoms with E-state index in [0.717, 1.165) is 6.54 Å². The van der Waals surface area contributed by atoms with Gasteiger partial charge < -0.3 is 5.11 Å². The average molecular weight is 237 g/mol. The summed E-state index contributed by atoms with van der Waals surface area (Å²) in [5.41, 5.74) is 1.23. The van der Waals surface area contributed by atoms with Crippen LogP contribution in [-0.2, 0) is 0 Å². The summed E-state index contributed by atoms with van der Waals surface area (Å²) in [7, 11) is 0. The van der Waals surface area contributed by atoms with Gasteiger partial charge in [-0.15, -0.1) is 0 Å². The zero-order valence-electron chi connectivity index (χ0n) is 10.2. The van der Waals surface area contributed by atoms with Crippen LogP contribution in [0.3, 0.4) is 0 Å². The van der Waals surface area contributed by atoms with Gasteiger partial charge in [-0.25, -0.2) is 4.39 Å². The number of aliphatic hydroxyl groups excluding tert-OH is 1. The molecule has 0 bridgehead atoms. The highest BCUT2D eigenvalue weighted by molar-refractivity contribution is 5.18. The van der Waals surface area contributed by atoms with Crippen LogP contribution in [0.5, 0.6) is 0 Å². The quantitative estimate of drug-likeness (QED) is 0.873. The molecular formula is C14H20FNO. The number of nitrogens with zero attached hydrogens (tertiary/aromatic N) is 1. The van der Waals surface area contributed by atoms with Crippen LogP contribution < -0.4 is 0 Å². The van der Waals surface area contributed by atoms with E-state index in [2.05, 4.69) is 24.0 Å². The summed E-state index contributed by atoms with van der Waals surface area (Å²) in [6, 6.07) is 10.4. The lowest BCUT2D eigenvalue weighted by molar-refractivity contribution is 0.0261. The van der Waals surface area contributed by atoms with E-state index < -0.39 is 6.17 Å². The van der Waals surface area contributed by atoms with Crippen molar-refractivity contribution in [3.8, 4) is 0 Å². The summed E-state index contributed by atoms with van der Waals surface area (Å²) in [6.45, 7) is 2.89. The second-order valence-corrected chi connectivity index (χ2v) is 4.78. The smallest absolute Gasteiger partial charge is 0.103 e. The maximum Gasteiger partial charge on any atom is 0.103 e. The fourth-order valence-electron chi connectivity index (χ4n) is 2.63. The molecule has 1 aliphatic heterocycles. The molecule has 0 saturated carbocycles. The van der Waals surface area contributed by atoms with E-state index in [-0.39, 0.29) is 18.7 Å². The van der Waals surface area contributed by atoms with Gasteiger partial charge in [0.05, 0.1) is 6.61 Å². The fourth-order valence-corrected chi connectivity index (χ4v) is 2.63. The predicted molar refractivity (Wildman–Crippen MR) is 66.6 cm³/mol. The van der Waals surface area contributed by atoms with Gasteiger partial charge in [-0.1, -0.05) is 30.3 Å². The number of aliphatic hydroxyl groups is 1. The van der Waals surface area contributed by atoms with Crippen LogP contribution >= 0.6 is 0 Å². The molecule has 1 aromatic carbocycles. The number of piperidine rings is 1. The highest BCUT2D eigenvalue weighted by Gasteiger charge is 2.31. The van der Waals surface area contributed by atoms with Gasteiger partial charge in [-0.2, -0.15) is 0 Å². The number of rotatable bonds is 3. The van der Waals surface area contributed by atoms with Crippen LogP contribution in [0.25, 0.3) is 0 Å². The molecule has 0 amide bonds. The maximum absolute atomic E-state index is 13.3. The molecule has 1 aliphatic rings. The Balaban J connectivity index is 2.10. The van der Waals surface area contributed by atoms with E-state index in [1.165, 1.54) is 5.56 Å². The Kier molecular flexibility index (Phi) is 4.13. The highest BCUT2D eigenvalue weighted by Crippen LogP contribution is 2.29. The molecule has 0 aromatic heterocycles. The summed E-state index contributed by atoms with van der Waals surface area (Å²) in [5, 5.41) is 9.37. The Morgan fingerprint density at radius 3 is 2.76 bits per heavy atom. The molecule has 2 unspecified atom stereocenters. The van der Waals surface area contributed by atoms with Gasteiger partial charge in [0.15, 0.2) is 0 Å². The van der Waals surface area contributed by atoms with Crippen molar-refractivity contribution in [3.63, 3.8) is 0 Å². The molecule has 0 radical (unpaired) electrons. The van der Waals surface area contributed by atoms with Gasteiger partial charge in [0.2, 0.25) is 0 Å². The van der Waals surface area contributed by atoms with Gasteiger partial charge in [0.25, 0.3) is 0 Å². The SMILES string of the molecule is C[C@H](c1ccccc1)N1CCC(F)CC1CO. The molecule has 1 N–H and O–H groups in total. The molecule has 17 heavy (non-hydrogen) atoms. The van der Waals surface area contributed by atoms with E-state index >= 15 is 0 Å². The molecule has 94 valence electrons. The van der Waals surface area contributed by atoms with Crippen molar-refractivity contribution in [1.82, 2.24) is 4.90 Å². The number of alkyl halides is 1. The lowest BCUT2D eigenvalue weighted by atomic mass is 9.96. The molecule has 1 saturated heterocycles. The first kappa shape index (κ1) is 12.5. The largest absolute Gasteiger partial charge is 0.395 e. The van der Waals surface area contributed by atoms with Gasteiger partial charge >= 0.3 is 0 Å². The first-order chi connectivity index (χ1) is 8.22. The Hall–Kier alpha value is -0.930.